The van der Waals surface area contributed by atoms with Crippen LogP contribution in [-0.2, 0) is 9.59 Å². The summed E-state index contributed by atoms with van der Waals surface area (Å²) < 4.78 is 0. The first-order chi connectivity index (χ1) is 12.9. The molecule has 2 atom stereocenters. The van der Waals surface area contributed by atoms with Crippen molar-refractivity contribution in [1.29, 1.82) is 5.41 Å². The van der Waals surface area contributed by atoms with Crippen molar-refractivity contribution in [2.45, 2.75) is 12.1 Å². The summed E-state index contributed by atoms with van der Waals surface area (Å²) in [6, 6.07) is 5.33. The maximum atomic E-state index is 12.5. The summed E-state index contributed by atoms with van der Waals surface area (Å²) in [6.45, 7) is 0.498. The van der Waals surface area contributed by atoms with Crippen molar-refractivity contribution < 1.29 is 19.8 Å². The first kappa shape index (κ1) is 21.0. The Morgan fingerprint density at radius 3 is 2.67 bits per heavy atom. The molecule has 0 spiro atoms. The Hall–Kier alpha value is -2.30. The number of thioether (sulfide) groups is 1. The van der Waals surface area contributed by atoms with Gasteiger partial charge in [-0.3, -0.25) is 15.0 Å². The topological polar surface area (TPSA) is 152 Å². The van der Waals surface area contributed by atoms with Gasteiger partial charge in [-0.25, -0.2) is 0 Å². The van der Waals surface area contributed by atoms with Gasteiger partial charge in [0, 0.05) is 35.8 Å². The van der Waals surface area contributed by atoms with Crippen molar-refractivity contribution in [3.63, 3.8) is 0 Å². The molecule has 1 aromatic rings. The minimum Gasteiger partial charge on any atom is -0.394 e. The molecule has 148 valence electrons. The zero-order valence-electron chi connectivity index (χ0n) is 14.9. The molecule has 1 aliphatic heterocycles. The molecule has 7 N–H and O–H groups in total. The van der Waals surface area contributed by atoms with Crippen molar-refractivity contribution in [2.24, 2.45) is 5.73 Å². The highest BCUT2D eigenvalue weighted by molar-refractivity contribution is 7.99. The number of hydrogen-bond acceptors (Lipinski definition) is 7. The minimum atomic E-state index is -1.37. The lowest BCUT2D eigenvalue weighted by Crippen LogP contribution is -2.51. The number of nitrogens with two attached hydrogens (primary N) is 1. The molecule has 1 aromatic carbocycles. The van der Waals surface area contributed by atoms with E-state index in [1.54, 1.807) is 40.9 Å². The number of hydrogen-bond donors (Lipinski definition) is 6. The summed E-state index contributed by atoms with van der Waals surface area (Å²) >= 11 is 1.78. The maximum absolute atomic E-state index is 12.5. The number of nitrogen functional groups attached to an aromatic ring is 1. The largest absolute Gasteiger partial charge is 0.394 e. The number of amides is 2. The number of amidine groups is 1. The van der Waals surface area contributed by atoms with Crippen molar-refractivity contribution in [3.05, 3.63) is 29.8 Å². The van der Waals surface area contributed by atoms with Crippen LogP contribution >= 0.6 is 11.8 Å². The zero-order chi connectivity index (χ0) is 19.8. The lowest BCUT2D eigenvalue weighted by molar-refractivity contribution is -0.133. The van der Waals surface area contributed by atoms with E-state index in [0.717, 1.165) is 11.5 Å². The highest BCUT2D eigenvalue weighted by Crippen LogP contribution is 2.13. The molecule has 0 aliphatic carbocycles. The molecule has 0 saturated carbocycles. The Labute approximate surface area is 161 Å². The van der Waals surface area contributed by atoms with Gasteiger partial charge in [-0.15, -0.1) is 0 Å². The van der Waals surface area contributed by atoms with E-state index < -0.39 is 24.7 Å². The van der Waals surface area contributed by atoms with E-state index in [9.17, 15) is 19.8 Å². The molecule has 10 heteroatoms. The molecule has 9 nitrogen and oxygen atoms in total. The number of aliphatic hydroxyl groups excluding tert-OH is 2. The third-order valence-corrected chi connectivity index (χ3v) is 5.07. The smallest absolute Gasteiger partial charge is 0.245 e. The number of carbonyl (C=O) groups excluding carboxylic acids is 2. The number of benzene rings is 1. The maximum Gasteiger partial charge on any atom is 0.245 e. The van der Waals surface area contributed by atoms with Crippen LogP contribution in [0.1, 0.15) is 5.56 Å². The van der Waals surface area contributed by atoms with Crippen LogP contribution in [0.4, 0.5) is 5.69 Å². The van der Waals surface area contributed by atoms with Crippen LogP contribution in [0.25, 0.3) is 0 Å². The van der Waals surface area contributed by atoms with E-state index in [1.165, 1.54) is 0 Å². The number of aliphatic hydroxyl groups is 2. The lowest BCUT2D eigenvalue weighted by atomic mass is 10.1. The van der Waals surface area contributed by atoms with Crippen LogP contribution in [0, 0.1) is 5.41 Å². The van der Waals surface area contributed by atoms with Crippen molar-refractivity contribution >= 4 is 35.1 Å². The van der Waals surface area contributed by atoms with Gasteiger partial charge >= 0.3 is 0 Å². The highest BCUT2D eigenvalue weighted by atomic mass is 32.2. The van der Waals surface area contributed by atoms with E-state index in [-0.39, 0.29) is 18.3 Å². The molecule has 0 bridgehead atoms. The van der Waals surface area contributed by atoms with Gasteiger partial charge in [0.2, 0.25) is 11.8 Å². The zero-order valence-corrected chi connectivity index (χ0v) is 15.7. The lowest BCUT2D eigenvalue weighted by Gasteiger charge is -2.27. The van der Waals surface area contributed by atoms with Gasteiger partial charge in [-0.05, 0) is 12.1 Å². The SMILES string of the molecule is N=C(N)c1cccc(NC(C(=O)NCC(=O)N2CCSCC2)C(O)CO)c1. The molecule has 0 aromatic heterocycles. The second-order valence-corrected chi connectivity index (χ2v) is 7.30. The first-order valence-electron chi connectivity index (χ1n) is 8.55. The standard InChI is InChI=1S/C17H25N5O4S/c18-16(19)11-2-1-3-12(8-11)21-15(13(24)10-23)17(26)20-9-14(25)22-4-6-27-7-5-22/h1-3,8,13,15,21,23-24H,4-7,9-10H2,(H3,18,19)(H,20,26). The van der Waals surface area contributed by atoms with Crippen LogP contribution in [0.5, 0.6) is 0 Å². The molecule has 1 fully saturated rings. The number of nitrogens with one attached hydrogen (secondary N) is 3. The van der Waals surface area contributed by atoms with E-state index in [1.807, 2.05) is 0 Å². The van der Waals surface area contributed by atoms with Gasteiger partial charge in [0.05, 0.1) is 13.2 Å². The molecule has 1 heterocycles. The summed E-state index contributed by atoms with van der Waals surface area (Å²) in [5.74, 6) is 0.829. The molecule has 1 aliphatic rings. The third kappa shape index (κ3) is 6.12. The molecule has 2 unspecified atom stereocenters. The summed E-state index contributed by atoms with van der Waals surface area (Å²) in [5, 5.41) is 32.1. The van der Waals surface area contributed by atoms with Crippen LogP contribution in [0.15, 0.2) is 24.3 Å². The quantitative estimate of drug-likeness (QED) is 0.239. The Kier molecular flexibility index (Phi) is 7.89. The fourth-order valence-electron chi connectivity index (χ4n) is 2.60. The number of anilines is 1. The van der Waals surface area contributed by atoms with Crippen LogP contribution in [0.2, 0.25) is 0 Å². The molecule has 1 saturated heterocycles. The minimum absolute atomic E-state index is 0.132. The average Bonchev–Trinajstić information content (AvgIpc) is 2.70. The van der Waals surface area contributed by atoms with Crippen molar-refractivity contribution in [1.82, 2.24) is 10.2 Å². The van der Waals surface area contributed by atoms with Gasteiger partial charge in [-0.1, -0.05) is 12.1 Å². The molecular formula is C17H25N5O4S. The summed E-state index contributed by atoms with van der Waals surface area (Å²) in [6.07, 6.45) is -1.37. The fraction of sp³-hybridized carbons (Fsp3) is 0.471. The van der Waals surface area contributed by atoms with E-state index >= 15 is 0 Å². The molecule has 2 amide bonds. The molecule has 0 radical (unpaired) electrons. The number of nitrogens with zero attached hydrogens (tertiary/aromatic N) is 1. The van der Waals surface area contributed by atoms with Crippen molar-refractivity contribution in [3.8, 4) is 0 Å². The Morgan fingerprint density at radius 2 is 2.04 bits per heavy atom. The average molecular weight is 395 g/mol. The third-order valence-electron chi connectivity index (χ3n) is 4.13. The van der Waals surface area contributed by atoms with Gasteiger partial charge in [0.15, 0.2) is 0 Å². The molecule has 2 rings (SSSR count). The molecular weight excluding hydrogens is 370 g/mol. The van der Waals surface area contributed by atoms with E-state index in [4.69, 9.17) is 11.1 Å². The second kappa shape index (κ2) is 10.1. The second-order valence-electron chi connectivity index (χ2n) is 6.08. The number of carbonyl (C=O) groups is 2. The highest BCUT2D eigenvalue weighted by Gasteiger charge is 2.27. The summed E-state index contributed by atoms with van der Waals surface area (Å²) in [5.41, 5.74) is 6.36. The number of rotatable bonds is 8. The van der Waals surface area contributed by atoms with Gasteiger partial charge < -0.3 is 31.5 Å². The summed E-state index contributed by atoms with van der Waals surface area (Å²) in [4.78, 5) is 26.3. The Balaban J connectivity index is 2.00. The Morgan fingerprint density at radius 1 is 1.33 bits per heavy atom. The Bertz CT molecular complexity index is 681. The van der Waals surface area contributed by atoms with Crippen LogP contribution in [-0.4, -0.2) is 82.7 Å². The first-order valence-corrected chi connectivity index (χ1v) is 9.71. The van der Waals surface area contributed by atoms with Gasteiger partial charge in [0.1, 0.15) is 18.0 Å². The summed E-state index contributed by atoms with van der Waals surface area (Å²) in [7, 11) is 0. The van der Waals surface area contributed by atoms with E-state index in [0.29, 0.717) is 24.3 Å². The monoisotopic (exact) mass is 395 g/mol. The van der Waals surface area contributed by atoms with Crippen LogP contribution < -0.4 is 16.4 Å². The predicted molar refractivity (Wildman–Crippen MR) is 105 cm³/mol. The molecule has 27 heavy (non-hydrogen) atoms. The fourth-order valence-corrected chi connectivity index (χ4v) is 3.50. The van der Waals surface area contributed by atoms with Crippen LogP contribution in [0.3, 0.4) is 0 Å². The predicted octanol–water partition coefficient (Wildman–Crippen LogP) is -1.20. The normalized spacial score (nSPS) is 16.3. The van der Waals surface area contributed by atoms with Gasteiger partial charge in [-0.2, -0.15) is 11.8 Å². The van der Waals surface area contributed by atoms with E-state index in [2.05, 4.69) is 10.6 Å². The van der Waals surface area contributed by atoms with Crippen molar-refractivity contribution in [2.75, 3.05) is 43.1 Å². The van der Waals surface area contributed by atoms with Gasteiger partial charge in [0.25, 0.3) is 0 Å².